The van der Waals surface area contributed by atoms with Crippen LogP contribution in [0.4, 0.5) is 0 Å². The predicted molar refractivity (Wildman–Crippen MR) is 93.9 cm³/mol. The largest absolute Gasteiger partial charge is 0.349 e. The Hall–Kier alpha value is -1.88. The minimum atomic E-state index is -0.0513. The lowest BCUT2D eigenvalue weighted by atomic mass is 9.95. The molecule has 1 fully saturated rings. The zero-order valence-electron chi connectivity index (χ0n) is 14.0. The number of benzene rings is 1. The summed E-state index contributed by atoms with van der Waals surface area (Å²) in [7, 11) is 0. The molecule has 5 nitrogen and oxygen atoms in total. The molecule has 3 rings (SSSR count). The normalized spacial score (nSPS) is 15.4. The third-order valence-electron chi connectivity index (χ3n) is 4.41. The summed E-state index contributed by atoms with van der Waals surface area (Å²) >= 11 is 6.06. The van der Waals surface area contributed by atoms with Crippen molar-refractivity contribution in [3.63, 3.8) is 0 Å². The second kappa shape index (κ2) is 7.79. The summed E-state index contributed by atoms with van der Waals surface area (Å²) in [6, 6.07) is 8.16. The van der Waals surface area contributed by atoms with Crippen LogP contribution in [0.5, 0.6) is 0 Å². The molecule has 0 radical (unpaired) electrons. The Bertz CT molecular complexity index is 707. The van der Waals surface area contributed by atoms with Gasteiger partial charge in [-0.2, -0.15) is 5.10 Å². The smallest absolute Gasteiger partial charge is 0.217 e. The van der Waals surface area contributed by atoms with E-state index in [1.54, 1.807) is 0 Å². The molecule has 1 aromatic heterocycles. The summed E-state index contributed by atoms with van der Waals surface area (Å²) in [5, 5.41) is 8.31. The average Bonchev–Trinajstić information content (AvgIpc) is 2.96. The van der Waals surface area contributed by atoms with Crippen molar-refractivity contribution in [1.29, 1.82) is 0 Å². The van der Waals surface area contributed by atoms with Gasteiger partial charge in [-0.05, 0) is 30.5 Å². The number of nitrogens with one attached hydrogen (secondary N) is 1. The van der Waals surface area contributed by atoms with Crippen molar-refractivity contribution in [3.05, 3.63) is 46.5 Å². The molecule has 1 aromatic carbocycles. The zero-order valence-corrected chi connectivity index (χ0v) is 14.7. The maximum atomic E-state index is 11.3. The van der Waals surface area contributed by atoms with Gasteiger partial charge in [0.25, 0.3) is 0 Å². The Balaban J connectivity index is 1.82. The monoisotopic (exact) mass is 346 g/mol. The van der Waals surface area contributed by atoms with Gasteiger partial charge in [0.2, 0.25) is 5.91 Å². The number of carbonyl (C=O) groups is 1. The molecule has 1 amide bonds. The molecule has 1 N–H and O–H groups in total. The van der Waals surface area contributed by atoms with E-state index >= 15 is 0 Å². The van der Waals surface area contributed by atoms with Gasteiger partial charge < -0.3 is 5.32 Å². The van der Waals surface area contributed by atoms with Crippen molar-refractivity contribution in [2.24, 2.45) is 0 Å². The number of halogens is 1. The van der Waals surface area contributed by atoms with Crippen LogP contribution in [0, 0.1) is 0 Å². The van der Waals surface area contributed by atoms with Crippen molar-refractivity contribution < 1.29 is 4.79 Å². The van der Waals surface area contributed by atoms with Crippen LogP contribution in [-0.2, 0) is 17.8 Å². The molecule has 1 saturated carbocycles. The van der Waals surface area contributed by atoms with Crippen LogP contribution in [0.1, 0.15) is 62.3 Å². The summed E-state index contributed by atoms with van der Waals surface area (Å²) in [5.74, 6) is 1.57. The van der Waals surface area contributed by atoms with Gasteiger partial charge in [0.15, 0.2) is 5.82 Å². The second-order valence-corrected chi connectivity index (χ2v) is 6.83. The van der Waals surface area contributed by atoms with Crippen molar-refractivity contribution in [2.75, 3.05) is 0 Å². The van der Waals surface area contributed by atoms with E-state index in [0.29, 0.717) is 19.0 Å². The molecular formula is C18H23ClN4O. The van der Waals surface area contributed by atoms with Crippen LogP contribution >= 0.6 is 11.6 Å². The van der Waals surface area contributed by atoms with E-state index < -0.39 is 0 Å². The third-order valence-corrected chi connectivity index (χ3v) is 4.65. The SMILES string of the molecule is CC(=O)NCc1nc(Cc2cccc(Cl)c2)nn1C1CCCCC1. The van der Waals surface area contributed by atoms with Crippen molar-refractivity contribution in [2.45, 2.75) is 58.0 Å². The molecule has 0 unspecified atom stereocenters. The van der Waals surface area contributed by atoms with Crippen LogP contribution in [0.3, 0.4) is 0 Å². The number of rotatable bonds is 5. The Kier molecular flexibility index (Phi) is 5.51. The highest BCUT2D eigenvalue weighted by molar-refractivity contribution is 6.30. The maximum Gasteiger partial charge on any atom is 0.217 e. The first kappa shape index (κ1) is 17.0. The van der Waals surface area contributed by atoms with Crippen LogP contribution in [0.25, 0.3) is 0 Å². The summed E-state index contributed by atoms with van der Waals surface area (Å²) in [6.07, 6.45) is 6.66. The van der Waals surface area contributed by atoms with Gasteiger partial charge in [-0.25, -0.2) is 9.67 Å². The fraction of sp³-hybridized carbons (Fsp3) is 0.500. The third kappa shape index (κ3) is 4.35. The van der Waals surface area contributed by atoms with Gasteiger partial charge in [0.1, 0.15) is 5.82 Å². The topological polar surface area (TPSA) is 59.8 Å². The highest BCUT2D eigenvalue weighted by Crippen LogP contribution is 2.28. The van der Waals surface area contributed by atoms with Crippen LogP contribution in [0.15, 0.2) is 24.3 Å². The van der Waals surface area contributed by atoms with Crippen LogP contribution in [0.2, 0.25) is 5.02 Å². The van der Waals surface area contributed by atoms with E-state index in [2.05, 4.69) is 10.3 Å². The number of amides is 1. The van der Waals surface area contributed by atoms with E-state index in [1.807, 2.05) is 28.9 Å². The first-order valence-corrected chi connectivity index (χ1v) is 8.93. The van der Waals surface area contributed by atoms with Gasteiger partial charge in [-0.15, -0.1) is 0 Å². The molecule has 1 aliphatic rings. The second-order valence-electron chi connectivity index (χ2n) is 6.40. The minimum absolute atomic E-state index is 0.0513. The lowest BCUT2D eigenvalue weighted by Gasteiger charge is -2.23. The molecular weight excluding hydrogens is 324 g/mol. The van der Waals surface area contributed by atoms with E-state index in [9.17, 15) is 4.79 Å². The molecule has 0 bridgehead atoms. The van der Waals surface area contributed by atoms with E-state index in [4.69, 9.17) is 16.7 Å². The first-order chi connectivity index (χ1) is 11.6. The van der Waals surface area contributed by atoms with Gasteiger partial charge in [-0.3, -0.25) is 4.79 Å². The number of hydrogen-bond acceptors (Lipinski definition) is 3. The van der Waals surface area contributed by atoms with Crippen molar-refractivity contribution in [1.82, 2.24) is 20.1 Å². The van der Waals surface area contributed by atoms with Gasteiger partial charge in [0, 0.05) is 18.4 Å². The molecule has 0 spiro atoms. The van der Waals surface area contributed by atoms with Crippen LogP contribution < -0.4 is 5.32 Å². The molecule has 1 aliphatic carbocycles. The fourth-order valence-corrected chi connectivity index (χ4v) is 3.46. The predicted octanol–water partition coefficient (Wildman–Crippen LogP) is 3.66. The van der Waals surface area contributed by atoms with E-state index in [1.165, 1.54) is 26.2 Å². The highest BCUT2D eigenvalue weighted by atomic mass is 35.5. The quantitative estimate of drug-likeness (QED) is 0.898. The number of hydrogen-bond donors (Lipinski definition) is 1. The average molecular weight is 347 g/mol. The van der Waals surface area contributed by atoms with E-state index in [-0.39, 0.29) is 5.91 Å². The molecule has 24 heavy (non-hydrogen) atoms. The fourth-order valence-electron chi connectivity index (χ4n) is 3.25. The molecule has 1 heterocycles. The number of aromatic nitrogens is 3. The minimum Gasteiger partial charge on any atom is -0.349 e. The lowest BCUT2D eigenvalue weighted by molar-refractivity contribution is -0.119. The standard InChI is InChI=1S/C18H23ClN4O/c1-13(24)20-12-18-21-17(11-14-6-5-7-15(19)10-14)22-23(18)16-8-3-2-4-9-16/h5-7,10,16H,2-4,8-9,11-12H2,1H3,(H,20,24). The lowest BCUT2D eigenvalue weighted by Crippen LogP contribution is -2.24. The Labute approximate surface area is 147 Å². The molecule has 0 aliphatic heterocycles. The Morgan fingerprint density at radius 2 is 2.12 bits per heavy atom. The molecule has 2 aromatic rings. The highest BCUT2D eigenvalue weighted by Gasteiger charge is 2.21. The van der Waals surface area contributed by atoms with Gasteiger partial charge in [0.05, 0.1) is 12.6 Å². The molecule has 0 saturated heterocycles. The summed E-state index contributed by atoms with van der Waals surface area (Å²) in [5.41, 5.74) is 1.09. The van der Waals surface area contributed by atoms with Gasteiger partial charge >= 0.3 is 0 Å². The maximum absolute atomic E-state index is 11.3. The van der Waals surface area contributed by atoms with E-state index in [0.717, 1.165) is 35.1 Å². The van der Waals surface area contributed by atoms with Gasteiger partial charge in [-0.1, -0.05) is 43.0 Å². The zero-order chi connectivity index (χ0) is 16.9. The summed E-state index contributed by atoms with van der Waals surface area (Å²) < 4.78 is 2.04. The number of carbonyl (C=O) groups excluding carboxylic acids is 1. The van der Waals surface area contributed by atoms with Crippen molar-refractivity contribution >= 4 is 17.5 Å². The summed E-state index contributed by atoms with van der Waals surface area (Å²) in [6.45, 7) is 1.95. The number of nitrogens with zero attached hydrogens (tertiary/aromatic N) is 3. The van der Waals surface area contributed by atoms with Crippen LogP contribution in [-0.4, -0.2) is 20.7 Å². The van der Waals surface area contributed by atoms with Crippen molar-refractivity contribution in [3.8, 4) is 0 Å². The Morgan fingerprint density at radius 3 is 2.83 bits per heavy atom. The first-order valence-electron chi connectivity index (χ1n) is 8.55. The molecule has 0 atom stereocenters. The molecule has 128 valence electrons. The Morgan fingerprint density at radius 1 is 1.33 bits per heavy atom. The molecule has 6 heteroatoms. The summed E-state index contributed by atoms with van der Waals surface area (Å²) in [4.78, 5) is 15.9.